The van der Waals surface area contributed by atoms with Crippen molar-refractivity contribution in [2.75, 3.05) is 11.5 Å². The monoisotopic (exact) mass is 260 g/mol. The molecule has 0 fully saturated rings. The van der Waals surface area contributed by atoms with Gasteiger partial charge in [-0.05, 0) is 18.2 Å². The molecule has 2 rings (SSSR count). The van der Waals surface area contributed by atoms with Crippen molar-refractivity contribution < 1.29 is 5.11 Å². The molecule has 1 aromatic carbocycles. The number of benzene rings is 1. The van der Waals surface area contributed by atoms with Crippen molar-refractivity contribution in [3.63, 3.8) is 0 Å². The molecule has 18 heavy (non-hydrogen) atoms. The number of halogens is 1. The summed E-state index contributed by atoms with van der Waals surface area (Å²) in [7, 11) is 0. The van der Waals surface area contributed by atoms with Crippen LogP contribution in [-0.2, 0) is 0 Å². The lowest BCUT2D eigenvalue weighted by molar-refractivity contribution is 0.475. The standard InChI is InChI=1S/C12H9ClN4O/c13-10-9(11(14)17-12(15)16-10)5-4-7-2-1-3-8(18)6-7/h1-3,6,18H,(H4,14,15,16,17). The fraction of sp³-hybridized carbons (Fsp3) is 0. The molecule has 0 unspecified atom stereocenters. The van der Waals surface area contributed by atoms with E-state index in [1.54, 1.807) is 18.2 Å². The van der Waals surface area contributed by atoms with E-state index in [9.17, 15) is 5.11 Å². The van der Waals surface area contributed by atoms with Gasteiger partial charge in [0, 0.05) is 5.56 Å². The first-order chi connectivity index (χ1) is 8.56. The van der Waals surface area contributed by atoms with Crippen LogP contribution >= 0.6 is 11.6 Å². The highest BCUT2D eigenvalue weighted by Gasteiger charge is 2.06. The van der Waals surface area contributed by atoms with Gasteiger partial charge >= 0.3 is 0 Å². The zero-order chi connectivity index (χ0) is 13.1. The van der Waals surface area contributed by atoms with E-state index in [1.165, 1.54) is 6.07 Å². The van der Waals surface area contributed by atoms with Gasteiger partial charge in [-0.1, -0.05) is 29.5 Å². The zero-order valence-electron chi connectivity index (χ0n) is 9.18. The summed E-state index contributed by atoms with van der Waals surface area (Å²) in [5.41, 5.74) is 12.0. The molecule has 1 heterocycles. The summed E-state index contributed by atoms with van der Waals surface area (Å²) in [5.74, 6) is 5.82. The van der Waals surface area contributed by atoms with Gasteiger partial charge in [0.1, 0.15) is 17.1 Å². The molecule has 0 radical (unpaired) electrons. The Bertz CT molecular complexity index is 638. The number of hydrogen-bond donors (Lipinski definition) is 3. The average Bonchev–Trinajstić information content (AvgIpc) is 2.27. The normalized spacial score (nSPS) is 9.61. The predicted molar refractivity (Wildman–Crippen MR) is 70.0 cm³/mol. The van der Waals surface area contributed by atoms with E-state index in [-0.39, 0.29) is 22.7 Å². The van der Waals surface area contributed by atoms with E-state index >= 15 is 0 Å². The number of nitrogens with zero attached hydrogens (tertiary/aromatic N) is 2. The van der Waals surface area contributed by atoms with Crippen LogP contribution in [0.1, 0.15) is 11.1 Å². The Morgan fingerprint density at radius 1 is 1.17 bits per heavy atom. The molecular weight excluding hydrogens is 252 g/mol. The van der Waals surface area contributed by atoms with Crippen molar-refractivity contribution in [2.24, 2.45) is 0 Å². The fourth-order valence-corrected chi connectivity index (χ4v) is 1.53. The van der Waals surface area contributed by atoms with Crippen LogP contribution in [0.5, 0.6) is 5.75 Å². The van der Waals surface area contributed by atoms with E-state index < -0.39 is 0 Å². The van der Waals surface area contributed by atoms with Gasteiger partial charge in [0.05, 0.1) is 0 Å². The predicted octanol–water partition coefficient (Wildman–Crippen LogP) is 1.40. The summed E-state index contributed by atoms with van der Waals surface area (Å²) in [6.07, 6.45) is 0. The third-order valence-electron chi connectivity index (χ3n) is 2.09. The maximum Gasteiger partial charge on any atom is 0.223 e. The number of phenols is 1. The summed E-state index contributed by atoms with van der Waals surface area (Å²) in [4.78, 5) is 7.54. The summed E-state index contributed by atoms with van der Waals surface area (Å²) >= 11 is 5.87. The van der Waals surface area contributed by atoms with Gasteiger partial charge < -0.3 is 16.6 Å². The summed E-state index contributed by atoms with van der Waals surface area (Å²) in [5, 5.41) is 9.40. The molecule has 0 saturated heterocycles. The molecule has 0 spiro atoms. The first-order valence-corrected chi connectivity index (χ1v) is 5.33. The van der Waals surface area contributed by atoms with Crippen molar-refractivity contribution in [3.8, 4) is 17.6 Å². The number of aromatic hydroxyl groups is 1. The van der Waals surface area contributed by atoms with Gasteiger partial charge in [-0.3, -0.25) is 0 Å². The molecule has 5 nitrogen and oxygen atoms in total. The highest BCUT2D eigenvalue weighted by Crippen LogP contribution is 2.18. The molecule has 0 amide bonds. The topological polar surface area (TPSA) is 98.0 Å². The number of nitrogens with two attached hydrogens (primary N) is 2. The molecule has 0 aliphatic rings. The van der Waals surface area contributed by atoms with Gasteiger partial charge in [0.2, 0.25) is 5.95 Å². The van der Waals surface area contributed by atoms with Crippen molar-refractivity contribution >= 4 is 23.4 Å². The van der Waals surface area contributed by atoms with Crippen molar-refractivity contribution in [1.29, 1.82) is 0 Å². The molecule has 0 aliphatic carbocycles. The molecule has 0 atom stereocenters. The van der Waals surface area contributed by atoms with Gasteiger partial charge in [-0.2, -0.15) is 9.97 Å². The first kappa shape index (κ1) is 12.0. The van der Waals surface area contributed by atoms with E-state index in [2.05, 4.69) is 21.8 Å². The van der Waals surface area contributed by atoms with Gasteiger partial charge in [-0.25, -0.2) is 0 Å². The Labute approximate surface area is 108 Å². The second kappa shape index (κ2) is 4.82. The average molecular weight is 261 g/mol. The number of rotatable bonds is 0. The first-order valence-electron chi connectivity index (χ1n) is 4.96. The molecule has 0 saturated carbocycles. The van der Waals surface area contributed by atoms with E-state index in [1.807, 2.05) is 0 Å². The third kappa shape index (κ3) is 2.62. The number of nitrogen functional groups attached to an aromatic ring is 2. The Balaban J connectivity index is 2.42. The van der Waals surface area contributed by atoms with Crippen LogP contribution in [0.4, 0.5) is 11.8 Å². The molecule has 1 aromatic heterocycles. The quantitative estimate of drug-likeness (QED) is 0.491. The van der Waals surface area contributed by atoms with Crippen LogP contribution in [0.2, 0.25) is 5.15 Å². The largest absolute Gasteiger partial charge is 0.508 e. The van der Waals surface area contributed by atoms with E-state index in [0.29, 0.717) is 11.1 Å². The third-order valence-corrected chi connectivity index (χ3v) is 2.36. The van der Waals surface area contributed by atoms with Crippen LogP contribution in [0.15, 0.2) is 24.3 Å². The number of anilines is 2. The molecule has 0 bridgehead atoms. The van der Waals surface area contributed by atoms with Crippen molar-refractivity contribution in [3.05, 3.63) is 40.5 Å². The van der Waals surface area contributed by atoms with Gasteiger partial charge in [0.15, 0.2) is 5.15 Å². The maximum absolute atomic E-state index is 9.30. The van der Waals surface area contributed by atoms with Crippen molar-refractivity contribution in [1.82, 2.24) is 9.97 Å². The SMILES string of the molecule is Nc1nc(N)c(C#Cc2cccc(O)c2)c(Cl)n1. The molecule has 6 heteroatoms. The minimum absolute atomic E-state index is 0.000376. The summed E-state index contributed by atoms with van der Waals surface area (Å²) in [6.45, 7) is 0. The minimum atomic E-state index is 0.000376. The Morgan fingerprint density at radius 2 is 1.94 bits per heavy atom. The van der Waals surface area contributed by atoms with Crippen LogP contribution in [0, 0.1) is 11.8 Å². The highest BCUT2D eigenvalue weighted by atomic mass is 35.5. The van der Waals surface area contributed by atoms with Crippen LogP contribution in [0.3, 0.4) is 0 Å². The van der Waals surface area contributed by atoms with Crippen LogP contribution in [0.25, 0.3) is 0 Å². The molecule has 5 N–H and O–H groups in total. The Morgan fingerprint density at radius 3 is 2.61 bits per heavy atom. The lowest BCUT2D eigenvalue weighted by atomic mass is 10.2. The fourth-order valence-electron chi connectivity index (χ4n) is 1.30. The maximum atomic E-state index is 9.30. The lowest BCUT2D eigenvalue weighted by Crippen LogP contribution is -2.02. The summed E-state index contributed by atoms with van der Waals surface area (Å²) < 4.78 is 0. The van der Waals surface area contributed by atoms with Gasteiger partial charge in [-0.15, -0.1) is 0 Å². The zero-order valence-corrected chi connectivity index (χ0v) is 9.94. The van der Waals surface area contributed by atoms with E-state index in [4.69, 9.17) is 23.1 Å². The second-order valence-corrected chi connectivity index (χ2v) is 3.79. The lowest BCUT2D eigenvalue weighted by Gasteiger charge is -2.00. The number of phenolic OH excluding ortho intramolecular Hbond substituents is 1. The minimum Gasteiger partial charge on any atom is -0.508 e. The van der Waals surface area contributed by atoms with Crippen LogP contribution in [-0.4, -0.2) is 15.1 Å². The molecular formula is C12H9ClN4O. The smallest absolute Gasteiger partial charge is 0.223 e. The summed E-state index contributed by atoms with van der Waals surface area (Å²) in [6, 6.07) is 6.51. The molecule has 0 aliphatic heterocycles. The number of aromatic nitrogens is 2. The highest BCUT2D eigenvalue weighted by molar-refractivity contribution is 6.31. The second-order valence-electron chi connectivity index (χ2n) is 3.43. The van der Waals surface area contributed by atoms with E-state index in [0.717, 1.165) is 0 Å². The van der Waals surface area contributed by atoms with Crippen LogP contribution < -0.4 is 11.5 Å². The van der Waals surface area contributed by atoms with Gasteiger partial charge in [0.25, 0.3) is 0 Å². The molecule has 2 aromatic rings. The Hall–Kier alpha value is -2.45. The number of hydrogen-bond acceptors (Lipinski definition) is 5. The molecule has 90 valence electrons. The Kier molecular flexibility index (Phi) is 3.22. The van der Waals surface area contributed by atoms with Crippen molar-refractivity contribution in [2.45, 2.75) is 0 Å².